The molecule has 1 aliphatic rings. The van der Waals surface area contributed by atoms with Crippen molar-refractivity contribution in [2.45, 2.75) is 106 Å². The Bertz CT molecular complexity index is 1750. The fourth-order valence-corrected chi connectivity index (χ4v) is 8.46. The molecule has 3 aromatic rings. The number of benzene rings is 3. The largest absolute Gasteiger partial charge is 0.480 e. The number of hydrogen-bond acceptors (Lipinski definition) is 8. The summed E-state index contributed by atoms with van der Waals surface area (Å²) in [7, 11) is -4.06. The van der Waals surface area contributed by atoms with Crippen LogP contribution in [0.2, 0.25) is 0 Å². The number of nitrogens with zero attached hydrogens (tertiary/aromatic N) is 1. The number of aliphatic carboxylic acids is 1. The van der Waals surface area contributed by atoms with Crippen LogP contribution in [0, 0.1) is 0 Å². The van der Waals surface area contributed by atoms with Gasteiger partial charge in [-0.2, -0.15) is 0 Å². The number of thioether (sulfide) groups is 1. The lowest BCUT2D eigenvalue weighted by atomic mass is 9.87. The summed E-state index contributed by atoms with van der Waals surface area (Å²) in [4.78, 5) is 41.3. The lowest BCUT2D eigenvalue weighted by Gasteiger charge is -2.37. The maximum Gasteiger partial charge on any atom is 0.326 e. The second-order valence-electron chi connectivity index (χ2n) is 12.9. The van der Waals surface area contributed by atoms with Crippen molar-refractivity contribution in [3.8, 4) is 5.75 Å². The number of rotatable bonds is 17. The van der Waals surface area contributed by atoms with Gasteiger partial charge in [0.05, 0.1) is 16.1 Å². The number of nitrogens with one attached hydrogen (secondary N) is 3. The Balaban J connectivity index is 1.72. The Labute approximate surface area is 306 Å². The first kappa shape index (κ1) is 39.7. The molecule has 0 saturated heterocycles. The molecule has 0 aromatic heterocycles. The van der Waals surface area contributed by atoms with Crippen LogP contribution >= 0.6 is 11.8 Å². The molecule has 0 fully saturated rings. The maximum atomic E-state index is 14.4. The number of carboxylic acids is 1. The predicted octanol–water partition coefficient (Wildman–Crippen LogP) is 6.56. The SMILES string of the molecule is CCCCC1(CCCC)CN(c2ccccc2)c2cc(SC)c(OC(C)C(=O)N[C@@H](C(=O)N[C@@H](CC)C(=O)O)c3ccccc3)cc2S(=O)(=O)N1. The van der Waals surface area contributed by atoms with Gasteiger partial charge in [0, 0.05) is 18.3 Å². The molecular weight excluding hydrogens is 689 g/mol. The zero-order valence-corrected chi connectivity index (χ0v) is 31.6. The van der Waals surface area contributed by atoms with Crippen molar-refractivity contribution < 1.29 is 32.6 Å². The van der Waals surface area contributed by atoms with Crippen LogP contribution in [0.15, 0.2) is 82.6 Å². The summed E-state index contributed by atoms with van der Waals surface area (Å²) >= 11 is 1.36. The number of ether oxygens (including phenoxy) is 1. The van der Waals surface area contributed by atoms with E-state index in [-0.39, 0.29) is 17.1 Å². The molecule has 11 nitrogen and oxygen atoms in total. The smallest absolute Gasteiger partial charge is 0.326 e. The fourth-order valence-electron chi connectivity index (χ4n) is 6.27. The van der Waals surface area contributed by atoms with Gasteiger partial charge < -0.3 is 25.4 Å². The summed E-state index contributed by atoms with van der Waals surface area (Å²) in [6.45, 7) is 7.79. The third-order valence-corrected chi connectivity index (χ3v) is 11.5. The Morgan fingerprint density at radius 1 is 0.941 bits per heavy atom. The monoisotopic (exact) mass is 738 g/mol. The maximum absolute atomic E-state index is 14.4. The highest BCUT2D eigenvalue weighted by molar-refractivity contribution is 7.98. The zero-order chi connectivity index (χ0) is 37.2. The van der Waals surface area contributed by atoms with E-state index in [4.69, 9.17) is 4.74 Å². The minimum Gasteiger partial charge on any atom is -0.480 e. The number of unbranched alkanes of at least 4 members (excludes halogenated alkanes) is 2. The summed E-state index contributed by atoms with van der Waals surface area (Å²) in [6, 6.07) is 19.2. The molecule has 13 heteroatoms. The minimum atomic E-state index is -4.06. The van der Waals surface area contributed by atoms with E-state index in [1.165, 1.54) is 24.8 Å². The van der Waals surface area contributed by atoms with Crippen molar-refractivity contribution in [2.75, 3.05) is 17.7 Å². The van der Waals surface area contributed by atoms with Crippen LogP contribution in [-0.4, -0.2) is 61.8 Å². The van der Waals surface area contributed by atoms with Gasteiger partial charge in [0.2, 0.25) is 15.9 Å². The van der Waals surface area contributed by atoms with Gasteiger partial charge in [0.15, 0.2) is 6.10 Å². The number of para-hydroxylation sites is 1. The highest BCUT2D eigenvalue weighted by Gasteiger charge is 2.42. The summed E-state index contributed by atoms with van der Waals surface area (Å²) in [5, 5.41) is 14.7. The van der Waals surface area contributed by atoms with Gasteiger partial charge in [0.1, 0.15) is 22.7 Å². The molecule has 0 aliphatic carbocycles. The number of carbonyl (C=O) groups is 3. The molecule has 0 spiro atoms. The van der Waals surface area contributed by atoms with Crippen molar-refractivity contribution in [3.63, 3.8) is 0 Å². The topological polar surface area (TPSA) is 154 Å². The first-order chi connectivity index (χ1) is 24.4. The molecule has 276 valence electrons. The number of anilines is 2. The molecule has 1 heterocycles. The van der Waals surface area contributed by atoms with E-state index in [2.05, 4.69) is 34.1 Å². The number of sulfonamides is 1. The lowest BCUT2D eigenvalue weighted by molar-refractivity contribution is -0.142. The van der Waals surface area contributed by atoms with E-state index in [0.29, 0.717) is 35.5 Å². The zero-order valence-electron chi connectivity index (χ0n) is 30.0. The quantitative estimate of drug-likeness (QED) is 0.113. The first-order valence-corrected chi connectivity index (χ1v) is 20.2. The number of hydrogen-bond donors (Lipinski definition) is 4. The number of amides is 2. The van der Waals surface area contributed by atoms with Gasteiger partial charge in [-0.25, -0.2) is 17.9 Å². The summed E-state index contributed by atoms with van der Waals surface area (Å²) in [5.41, 5.74) is 1.13. The standard InChI is InChI=1S/C38H50N4O7S2/c1-6-9-21-38(22-10-7-2)25-42(28-19-15-12-16-20-28)30-23-32(50-5)31(24-33(30)51(47,48)41-38)49-26(4)35(43)40-34(27-17-13-11-14-18-27)36(44)39-29(8-3)37(45)46/h11-20,23-24,26,29,34,41H,6-10,21-22,25H2,1-5H3,(H,39,44)(H,40,43)(H,45,46)/t26?,29-,34+/m0/s1. The molecular formula is C38H50N4O7S2. The molecule has 1 unspecified atom stereocenters. The van der Waals surface area contributed by atoms with Gasteiger partial charge in [-0.3, -0.25) is 9.59 Å². The first-order valence-electron chi connectivity index (χ1n) is 17.5. The Morgan fingerprint density at radius 3 is 2.10 bits per heavy atom. The molecule has 0 saturated carbocycles. The predicted molar refractivity (Wildman–Crippen MR) is 201 cm³/mol. The van der Waals surface area contributed by atoms with Crippen LogP contribution in [0.4, 0.5) is 11.4 Å². The van der Waals surface area contributed by atoms with Crippen LogP contribution in [0.5, 0.6) is 5.75 Å². The Kier molecular flexibility index (Phi) is 14.0. The Morgan fingerprint density at radius 2 is 1.55 bits per heavy atom. The fraction of sp³-hybridized carbons (Fsp3) is 0.447. The van der Waals surface area contributed by atoms with Gasteiger partial charge in [0.25, 0.3) is 5.91 Å². The van der Waals surface area contributed by atoms with Crippen molar-refractivity contribution in [1.29, 1.82) is 0 Å². The van der Waals surface area contributed by atoms with Crippen LogP contribution in [-0.2, 0) is 24.4 Å². The van der Waals surface area contributed by atoms with Crippen molar-refractivity contribution in [1.82, 2.24) is 15.4 Å². The van der Waals surface area contributed by atoms with E-state index in [0.717, 1.165) is 31.4 Å². The molecule has 3 atom stereocenters. The van der Waals surface area contributed by atoms with E-state index in [1.54, 1.807) is 43.3 Å². The van der Waals surface area contributed by atoms with Crippen LogP contribution < -0.4 is 25.0 Å². The van der Waals surface area contributed by atoms with Crippen LogP contribution in [0.25, 0.3) is 0 Å². The van der Waals surface area contributed by atoms with Crippen molar-refractivity contribution >= 4 is 50.9 Å². The second-order valence-corrected chi connectivity index (χ2v) is 15.4. The third kappa shape index (κ3) is 9.84. The average molecular weight is 739 g/mol. The van der Waals surface area contributed by atoms with Gasteiger partial charge >= 0.3 is 5.97 Å². The van der Waals surface area contributed by atoms with E-state index in [1.807, 2.05) is 36.6 Å². The molecule has 4 rings (SSSR count). The van der Waals surface area contributed by atoms with Gasteiger partial charge in [-0.1, -0.05) is 95.0 Å². The number of carboxylic acid groups (broad SMARTS) is 1. The van der Waals surface area contributed by atoms with Gasteiger partial charge in [-0.15, -0.1) is 11.8 Å². The number of fused-ring (bicyclic) bond motifs is 1. The van der Waals surface area contributed by atoms with Crippen LogP contribution in [0.3, 0.4) is 0 Å². The van der Waals surface area contributed by atoms with Crippen molar-refractivity contribution in [3.05, 3.63) is 78.4 Å². The normalized spacial score (nSPS) is 16.5. The number of carbonyl (C=O) groups excluding carboxylic acids is 2. The van der Waals surface area contributed by atoms with E-state index >= 15 is 0 Å². The van der Waals surface area contributed by atoms with E-state index < -0.39 is 51.5 Å². The van der Waals surface area contributed by atoms with Gasteiger partial charge in [-0.05, 0) is 56.2 Å². The molecule has 1 aliphatic heterocycles. The molecule has 0 bridgehead atoms. The highest BCUT2D eigenvalue weighted by Crippen LogP contribution is 2.44. The second kappa shape index (κ2) is 17.9. The summed E-state index contributed by atoms with van der Waals surface area (Å²) in [5.74, 6) is -2.31. The summed E-state index contributed by atoms with van der Waals surface area (Å²) < 4.78 is 38.0. The lowest BCUT2D eigenvalue weighted by Crippen LogP contribution is -2.53. The molecule has 4 N–H and O–H groups in total. The molecule has 0 radical (unpaired) electrons. The third-order valence-electron chi connectivity index (χ3n) is 9.10. The minimum absolute atomic E-state index is 0.0439. The van der Waals surface area contributed by atoms with Crippen molar-refractivity contribution in [2.24, 2.45) is 0 Å². The Hall–Kier alpha value is -4.07. The average Bonchev–Trinajstić information content (AvgIpc) is 3.22. The molecule has 3 aromatic carbocycles. The summed E-state index contributed by atoms with van der Waals surface area (Å²) in [6.07, 6.45) is 5.78. The molecule has 51 heavy (non-hydrogen) atoms. The molecule has 2 amide bonds. The van der Waals surface area contributed by atoms with E-state index in [9.17, 15) is 27.9 Å². The highest BCUT2D eigenvalue weighted by atomic mass is 32.2. The van der Waals surface area contributed by atoms with Crippen LogP contribution in [0.1, 0.15) is 84.2 Å².